The second-order valence-electron chi connectivity index (χ2n) is 2.53. The van der Waals surface area contributed by atoms with Crippen LogP contribution in [0.5, 0.6) is 0 Å². The third kappa shape index (κ3) is 6.66. The molecular weight excluding hydrogens is 219 g/mol. The standard InChI is InChI=1S/C9H19O3PS/c1-4-8-14-9-7-13(10,11-5-2)12-6-3/h7,9H,4-6,8H2,1-3H3/b9-7+. The van der Waals surface area contributed by atoms with Crippen molar-refractivity contribution < 1.29 is 13.6 Å². The Balaban J connectivity index is 4.07. The molecule has 3 nitrogen and oxygen atoms in total. The molecule has 0 aliphatic carbocycles. The van der Waals surface area contributed by atoms with Gasteiger partial charge in [0.1, 0.15) is 0 Å². The van der Waals surface area contributed by atoms with E-state index in [0.29, 0.717) is 13.2 Å². The lowest BCUT2D eigenvalue weighted by atomic mass is 10.6. The van der Waals surface area contributed by atoms with E-state index in [1.54, 1.807) is 36.8 Å². The van der Waals surface area contributed by atoms with Crippen molar-refractivity contribution in [2.75, 3.05) is 19.0 Å². The summed E-state index contributed by atoms with van der Waals surface area (Å²) in [6.07, 6.45) is 1.10. The highest BCUT2D eigenvalue weighted by molar-refractivity contribution is 8.02. The van der Waals surface area contributed by atoms with Crippen LogP contribution in [-0.4, -0.2) is 19.0 Å². The van der Waals surface area contributed by atoms with Gasteiger partial charge in [0.25, 0.3) is 0 Å². The minimum absolute atomic E-state index is 0.403. The summed E-state index contributed by atoms with van der Waals surface area (Å²) in [5.74, 6) is 2.56. The Kier molecular flexibility index (Phi) is 8.69. The van der Waals surface area contributed by atoms with Gasteiger partial charge in [0.2, 0.25) is 0 Å². The van der Waals surface area contributed by atoms with Gasteiger partial charge >= 0.3 is 7.60 Å². The summed E-state index contributed by atoms with van der Waals surface area (Å²) in [6.45, 7) is 6.52. The van der Waals surface area contributed by atoms with E-state index in [1.165, 1.54) is 0 Å². The van der Waals surface area contributed by atoms with Crippen LogP contribution in [0.25, 0.3) is 0 Å². The molecular formula is C9H19O3PS. The third-order valence-corrected chi connectivity index (χ3v) is 4.20. The molecule has 0 aromatic rings. The van der Waals surface area contributed by atoms with Crippen LogP contribution in [0.3, 0.4) is 0 Å². The van der Waals surface area contributed by atoms with Gasteiger partial charge in [-0.05, 0) is 31.4 Å². The van der Waals surface area contributed by atoms with Crippen molar-refractivity contribution in [2.24, 2.45) is 0 Å². The first-order valence-corrected chi connectivity index (χ1v) is 7.52. The fourth-order valence-electron chi connectivity index (χ4n) is 0.787. The quantitative estimate of drug-likeness (QED) is 0.475. The van der Waals surface area contributed by atoms with Crippen LogP contribution in [-0.2, 0) is 13.6 Å². The van der Waals surface area contributed by atoms with Gasteiger partial charge in [0, 0.05) is 5.82 Å². The van der Waals surface area contributed by atoms with E-state index in [0.717, 1.165) is 12.2 Å². The highest BCUT2D eigenvalue weighted by Gasteiger charge is 2.18. The van der Waals surface area contributed by atoms with Crippen LogP contribution in [0.4, 0.5) is 0 Å². The third-order valence-electron chi connectivity index (χ3n) is 1.28. The van der Waals surface area contributed by atoms with Crippen molar-refractivity contribution in [2.45, 2.75) is 27.2 Å². The average Bonchev–Trinajstić information content (AvgIpc) is 2.13. The molecule has 0 saturated carbocycles. The summed E-state index contributed by atoms with van der Waals surface area (Å²) in [5, 5.41) is 1.80. The van der Waals surface area contributed by atoms with E-state index < -0.39 is 7.60 Å². The van der Waals surface area contributed by atoms with Crippen molar-refractivity contribution in [3.8, 4) is 0 Å². The molecule has 84 valence electrons. The Morgan fingerprint density at radius 2 is 1.79 bits per heavy atom. The van der Waals surface area contributed by atoms with Crippen molar-refractivity contribution in [1.29, 1.82) is 0 Å². The predicted octanol–water partition coefficient (Wildman–Crippen LogP) is 3.87. The number of thioether (sulfide) groups is 1. The number of hydrogen-bond donors (Lipinski definition) is 0. The Labute approximate surface area is 90.8 Å². The van der Waals surface area contributed by atoms with E-state index in [4.69, 9.17) is 9.05 Å². The summed E-state index contributed by atoms with van der Waals surface area (Å²) in [6, 6.07) is 0. The van der Waals surface area contributed by atoms with E-state index in [-0.39, 0.29) is 0 Å². The molecule has 0 radical (unpaired) electrons. The first-order valence-electron chi connectivity index (χ1n) is 4.86. The van der Waals surface area contributed by atoms with Gasteiger partial charge in [0.15, 0.2) is 0 Å². The lowest BCUT2D eigenvalue weighted by Crippen LogP contribution is -1.92. The van der Waals surface area contributed by atoms with Gasteiger partial charge in [0.05, 0.1) is 13.2 Å². The van der Waals surface area contributed by atoms with Crippen molar-refractivity contribution in [3.05, 3.63) is 11.2 Å². The van der Waals surface area contributed by atoms with Crippen LogP contribution < -0.4 is 0 Å². The Morgan fingerprint density at radius 3 is 2.21 bits per heavy atom. The molecule has 0 aliphatic heterocycles. The molecule has 5 heteroatoms. The van der Waals surface area contributed by atoms with Crippen LogP contribution >= 0.6 is 19.4 Å². The Morgan fingerprint density at radius 1 is 1.21 bits per heavy atom. The molecule has 0 N–H and O–H groups in total. The normalized spacial score (nSPS) is 12.5. The Bertz CT molecular complexity index is 196. The second kappa shape index (κ2) is 8.54. The van der Waals surface area contributed by atoms with Gasteiger partial charge in [-0.25, -0.2) is 0 Å². The highest BCUT2D eigenvalue weighted by Crippen LogP contribution is 2.50. The van der Waals surface area contributed by atoms with Crippen LogP contribution in [0.1, 0.15) is 27.2 Å². The SMILES string of the molecule is CCCS/C=C/P(=O)(OCC)OCC. The molecule has 0 bridgehead atoms. The lowest BCUT2D eigenvalue weighted by molar-refractivity contribution is 0.229. The molecule has 0 unspecified atom stereocenters. The predicted molar refractivity (Wildman–Crippen MR) is 62.7 cm³/mol. The zero-order valence-corrected chi connectivity index (χ0v) is 10.8. The number of rotatable bonds is 8. The van der Waals surface area contributed by atoms with Crippen molar-refractivity contribution in [1.82, 2.24) is 0 Å². The largest absolute Gasteiger partial charge is 0.354 e. The van der Waals surface area contributed by atoms with E-state index in [1.807, 2.05) is 0 Å². The zero-order chi connectivity index (χ0) is 10.9. The maximum Gasteiger partial charge on any atom is 0.354 e. The summed E-state index contributed by atoms with van der Waals surface area (Å²) in [5.41, 5.74) is 0. The fourth-order valence-corrected chi connectivity index (χ4v) is 3.07. The summed E-state index contributed by atoms with van der Waals surface area (Å²) < 4.78 is 22.0. The summed E-state index contributed by atoms with van der Waals surface area (Å²) in [4.78, 5) is 0. The molecule has 0 amide bonds. The highest BCUT2D eigenvalue weighted by atomic mass is 32.2. The molecule has 0 spiro atoms. The minimum atomic E-state index is -2.96. The minimum Gasteiger partial charge on any atom is -0.306 e. The van der Waals surface area contributed by atoms with Crippen LogP contribution in [0, 0.1) is 0 Å². The molecule has 0 aliphatic rings. The number of hydrogen-bond acceptors (Lipinski definition) is 4. The molecule has 0 saturated heterocycles. The van der Waals surface area contributed by atoms with Gasteiger partial charge in [-0.1, -0.05) is 6.92 Å². The van der Waals surface area contributed by atoms with Crippen molar-refractivity contribution >= 4 is 19.4 Å². The maximum absolute atomic E-state index is 11.8. The monoisotopic (exact) mass is 238 g/mol. The van der Waals surface area contributed by atoms with Gasteiger partial charge in [-0.2, -0.15) is 0 Å². The molecule has 0 aromatic heterocycles. The first kappa shape index (κ1) is 14.2. The van der Waals surface area contributed by atoms with Gasteiger partial charge in [-0.15, -0.1) is 11.8 Å². The zero-order valence-electron chi connectivity index (χ0n) is 9.06. The maximum atomic E-state index is 11.8. The topological polar surface area (TPSA) is 35.5 Å². The molecule has 0 aromatic carbocycles. The fraction of sp³-hybridized carbons (Fsp3) is 0.778. The molecule has 0 fully saturated rings. The smallest absolute Gasteiger partial charge is 0.306 e. The Hall–Kier alpha value is 0.240. The second-order valence-corrected chi connectivity index (χ2v) is 5.44. The van der Waals surface area contributed by atoms with Crippen LogP contribution in [0.2, 0.25) is 0 Å². The lowest BCUT2D eigenvalue weighted by Gasteiger charge is -2.12. The molecule has 0 atom stereocenters. The summed E-state index contributed by atoms with van der Waals surface area (Å²) >= 11 is 1.62. The summed E-state index contributed by atoms with van der Waals surface area (Å²) in [7, 11) is -2.96. The van der Waals surface area contributed by atoms with Gasteiger partial charge < -0.3 is 9.05 Å². The van der Waals surface area contributed by atoms with Crippen LogP contribution in [0.15, 0.2) is 11.2 Å². The molecule has 14 heavy (non-hydrogen) atoms. The van der Waals surface area contributed by atoms with Crippen molar-refractivity contribution in [3.63, 3.8) is 0 Å². The van der Waals surface area contributed by atoms with Gasteiger partial charge in [-0.3, -0.25) is 4.57 Å². The first-order chi connectivity index (χ1) is 6.68. The molecule has 0 heterocycles. The van der Waals surface area contributed by atoms with E-state index in [9.17, 15) is 4.57 Å². The van der Waals surface area contributed by atoms with E-state index in [2.05, 4.69) is 6.92 Å². The average molecular weight is 238 g/mol. The molecule has 0 rings (SSSR count). The van der Waals surface area contributed by atoms with E-state index >= 15 is 0 Å².